The molecule has 2 aromatic carbocycles. The van der Waals surface area contributed by atoms with Gasteiger partial charge in [-0.25, -0.2) is 0 Å². The molecule has 0 atom stereocenters. The van der Waals surface area contributed by atoms with Crippen molar-refractivity contribution in [2.45, 2.75) is 52.5 Å². The number of amides is 1. The van der Waals surface area contributed by atoms with Gasteiger partial charge in [0.25, 0.3) is 5.56 Å². The van der Waals surface area contributed by atoms with Crippen LogP contribution in [0.1, 0.15) is 50.2 Å². The second-order valence-electron chi connectivity index (χ2n) is 8.40. The fraction of sp³-hybridized carbons (Fsp3) is 0.385. The minimum Gasteiger partial charge on any atom is -0.494 e. The molecule has 5 nitrogen and oxygen atoms in total. The third-order valence-corrected chi connectivity index (χ3v) is 6.08. The Balaban J connectivity index is 1.70. The lowest BCUT2D eigenvalue weighted by atomic mass is 9.88. The number of benzene rings is 2. The van der Waals surface area contributed by atoms with E-state index in [1.54, 1.807) is 4.90 Å². The van der Waals surface area contributed by atoms with Gasteiger partial charge in [0.05, 0.1) is 13.2 Å². The molecule has 0 saturated heterocycles. The summed E-state index contributed by atoms with van der Waals surface area (Å²) in [5.74, 6) is 0.894. The topological polar surface area (TPSA) is 62.4 Å². The Bertz CT molecular complexity index is 1110. The molecule has 0 unspecified atom stereocenters. The highest BCUT2D eigenvalue weighted by Crippen LogP contribution is 2.29. The Kier molecular flexibility index (Phi) is 6.40. The van der Waals surface area contributed by atoms with E-state index >= 15 is 0 Å². The van der Waals surface area contributed by atoms with Crippen molar-refractivity contribution in [2.24, 2.45) is 5.92 Å². The maximum Gasteiger partial charge on any atom is 0.253 e. The quantitative estimate of drug-likeness (QED) is 0.587. The van der Waals surface area contributed by atoms with Crippen LogP contribution in [0.3, 0.4) is 0 Å². The summed E-state index contributed by atoms with van der Waals surface area (Å²) in [5.41, 5.74) is 3.18. The van der Waals surface area contributed by atoms with Gasteiger partial charge >= 0.3 is 0 Å². The van der Waals surface area contributed by atoms with Crippen molar-refractivity contribution < 1.29 is 9.53 Å². The van der Waals surface area contributed by atoms with E-state index in [9.17, 15) is 9.59 Å². The van der Waals surface area contributed by atoms with Gasteiger partial charge in [0.15, 0.2) is 0 Å². The van der Waals surface area contributed by atoms with Gasteiger partial charge in [-0.3, -0.25) is 9.59 Å². The Morgan fingerprint density at radius 3 is 2.52 bits per heavy atom. The average molecular weight is 419 g/mol. The van der Waals surface area contributed by atoms with E-state index in [4.69, 9.17) is 4.74 Å². The van der Waals surface area contributed by atoms with E-state index < -0.39 is 0 Å². The van der Waals surface area contributed by atoms with Gasteiger partial charge in [-0.1, -0.05) is 30.9 Å². The fourth-order valence-electron chi connectivity index (χ4n) is 4.41. The number of anilines is 1. The predicted octanol–water partition coefficient (Wildman–Crippen LogP) is 5.35. The molecule has 0 spiro atoms. The van der Waals surface area contributed by atoms with Gasteiger partial charge in [-0.15, -0.1) is 0 Å². The maximum atomic E-state index is 13.5. The molecule has 4 rings (SSSR count). The first kappa shape index (κ1) is 21.2. The summed E-state index contributed by atoms with van der Waals surface area (Å²) < 4.78 is 5.56. The van der Waals surface area contributed by atoms with Crippen molar-refractivity contribution in [1.29, 1.82) is 0 Å². The number of hydrogen-bond donors (Lipinski definition) is 1. The fourth-order valence-corrected chi connectivity index (χ4v) is 4.41. The summed E-state index contributed by atoms with van der Waals surface area (Å²) in [6, 6.07) is 15.5. The smallest absolute Gasteiger partial charge is 0.253 e. The lowest BCUT2D eigenvalue weighted by molar-refractivity contribution is -0.123. The van der Waals surface area contributed by atoms with Gasteiger partial charge in [0.1, 0.15) is 5.75 Å². The van der Waals surface area contributed by atoms with Crippen LogP contribution in [-0.4, -0.2) is 17.5 Å². The number of aryl methyl sites for hydroxylation is 1. The monoisotopic (exact) mass is 418 g/mol. The van der Waals surface area contributed by atoms with Crippen molar-refractivity contribution in [3.8, 4) is 5.75 Å². The van der Waals surface area contributed by atoms with Crippen LogP contribution in [0.4, 0.5) is 5.69 Å². The number of rotatable bonds is 6. The van der Waals surface area contributed by atoms with Crippen molar-refractivity contribution in [3.63, 3.8) is 0 Å². The van der Waals surface area contributed by atoms with Crippen molar-refractivity contribution in [2.75, 3.05) is 11.5 Å². The number of ether oxygens (including phenoxy) is 1. The SMILES string of the molecule is CCOc1ccc(N(Cc2cc3cc(C)ccc3[nH]c2=O)C(=O)C2CCCCC2)cc1. The van der Waals surface area contributed by atoms with Crippen molar-refractivity contribution >= 4 is 22.5 Å². The van der Waals surface area contributed by atoms with E-state index in [0.29, 0.717) is 12.2 Å². The zero-order chi connectivity index (χ0) is 21.8. The van der Waals surface area contributed by atoms with E-state index in [2.05, 4.69) is 11.1 Å². The number of pyridine rings is 1. The maximum absolute atomic E-state index is 13.5. The van der Waals surface area contributed by atoms with E-state index in [1.165, 1.54) is 6.42 Å². The van der Waals surface area contributed by atoms with Gasteiger partial charge in [-0.05, 0) is 74.5 Å². The highest BCUT2D eigenvalue weighted by molar-refractivity contribution is 5.95. The lowest BCUT2D eigenvalue weighted by Crippen LogP contribution is -2.38. The Labute approximate surface area is 183 Å². The standard InChI is InChI=1S/C26H30N2O3/c1-3-31-23-12-10-22(11-13-23)28(26(30)19-7-5-4-6-8-19)17-21-16-20-15-18(2)9-14-24(20)27-25(21)29/h9-16,19H,3-8,17H2,1-2H3,(H,27,29). The number of aromatic nitrogens is 1. The van der Waals surface area contributed by atoms with Crippen LogP contribution in [0.5, 0.6) is 5.75 Å². The highest BCUT2D eigenvalue weighted by atomic mass is 16.5. The molecule has 1 aromatic heterocycles. The number of H-pyrrole nitrogens is 1. The molecule has 1 aliphatic rings. The van der Waals surface area contributed by atoms with Crippen LogP contribution in [0.2, 0.25) is 0 Å². The molecular weight excluding hydrogens is 388 g/mol. The zero-order valence-corrected chi connectivity index (χ0v) is 18.3. The third-order valence-electron chi connectivity index (χ3n) is 6.08. The van der Waals surface area contributed by atoms with Crippen LogP contribution in [0, 0.1) is 12.8 Å². The number of carbonyl (C=O) groups is 1. The Morgan fingerprint density at radius 1 is 1.06 bits per heavy atom. The number of nitrogens with zero attached hydrogens (tertiary/aromatic N) is 1. The Hall–Kier alpha value is -3.08. The third kappa shape index (κ3) is 4.82. The zero-order valence-electron chi connectivity index (χ0n) is 18.3. The van der Waals surface area contributed by atoms with Crippen LogP contribution >= 0.6 is 0 Å². The molecule has 0 bridgehead atoms. The second-order valence-corrected chi connectivity index (χ2v) is 8.40. The largest absolute Gasteiger partial charge is 0.494 e. The van der Waals surface area contributed by atoms with Crippen LogP contribution in [0.15, 0.2) is 53.3 Å². The van der Waals surface area contributed by atoms with Crippen molar-refractivity contribution in [3.05, 3.63) is 70.0 Å². The normalized spacial score (nSPS) is 14.5. The molecule has 1 aliphatic carbocycles. The van der Waals surface area contributed by atoms with Gasteiger partial charge in [0.2, 0.25) is 5.91 Å². The molecule has 1 heterocycles. The number of hydrogen-bond acceptors (Lipinski definition) is 3. The van der Waals surface area contributed by atoms with Gasteiger partial charge in [-0.2, -0.15) is 0 Å². The van der Waals surface area contributed by atoms with Gasteiger partial charge < -0.3 is 14.6 Å². The van der Waals surface area contributed by atoms with Crippen LogP contribution < -0.4 is 15.2 Å². The summed E-state index contributed by atoms with van der Waals surface area (Å²) in [6.45, 7) is 4.82. The summed E-state index contributed by atoms with van der Waals surface area (Å²) in [5, 5.41) is 0.978. The molecule has 1 N–H and O–H groups in total. The molecule has 0 aliphatic heterocycles. The molecular formula is C26H30N2O3. The summed E-state index contributed by atoms with van der Waals surface area (Å²) >= 11 is 0. The minimum absolute atomic E-state index is 0.0158. The molecule has 0 radical (unpaired) electrons. The average Bonchev–Trinajstić information content (AvgIpc) is 2.79. The number of nitrogens with one attached hydrogen (secondary N) is 1. The molecule has 1 amide bonds. The summed E-state index contributed by atoms with van der Waals surface area (Å²) in [7, 11) is 0. The van der Waals surface area contributed by atoms with E-state index in [-0.39, 0.29) is 23.9 Å². The molecule has 31 heavy (non-hydrogen) atoms. The predicted molar refractivity (Wildman–Crippen MR) is 125 cm³/mol. The lowest BCUT2D eigenvalue weighted by Gasteiger charge is -2.29. The molecule has 162 valence electrons. The van der Waals surface area contributed by atoms with Crippen molar-refractivity contribution in [1.82, 2.24) is 4.98 Å². The van der Waals surface area contributed by atoms with Gasteiger partial charge in [0, 0.05) is 22.7 Å². The molecule has 5 heteroatoms. The minimum atomic E-state index is -0.149. The first-order valence-electron chi connectivity index (χ1n) is 11.2. The van der Waals surface area contributed by atoms with E-state index in [1.807, 2.05) is 56.3 Å². The number of fused-ring (bicyclic) bond motifs is 1. The second kappa shape index (κ2) is 9.38. The molecule has 3 aromatic rings. The number of aromatic amines is 1. The Morgan fingerprint density at radius 2 is 1.81 bits per heavy atom. The number of carbonyl (C=O) groups excluding carboxylic acids is 1. The highest BCUT2D eigenvalue weighted by Gasteiger charge is 2.27. The van der Waals surface area contributed by atoms with Crippen LogP contribution in [-0.2, 0) is 11.3 Å². The van der Waals surface area contributed by atoms with Crippen LogP contribution in [0.25, 0.3) is 10.9 Å². The summed E-state index contributed by atoms with van der Waals surface area (Å²) in [4.78, 5) is 31.1. The first-order chi connectivity index (χ1) is 15.0. The first-order valence-corrected chi connectivity index (χ1v) is 11.2. The molecule has 1 saturated carbocycles. The van der Waals surface area contributed by atoms with E-state index in [0.717, 1.165) is 53.6 Å². The summed E-state index contributed by atoms with van der Waals surface area (Å²) in [6.07, 6.45) is 5.20. The molecule has 1 fully saturated rings.